The van der Waals surface area contributed by atoms with Gasteiger partial charge in [-0.2, -0.15) is 0 Å². The van der Waals surface area contributed by atoms with Crippen LogP contribution in [0.25, 0.3) is 0 Å². The quantitative estimate of drug-likeness (QED) is 0.875. The summed E-state index contributed by atoms with van der Waals surface area (Å²) in [4.78, 5) is 24.2. The number of nitrogens with one attached hydrogen (secondary N) is 1. The first-order valence-electron chi connectivity index (χ1n) is 5.61. The van der Waals surface area contributed by atoms with E-state index >= 15 is 0 Å². The lowest BCUT2D eigenvalue weighted by atomic mass is 10.3. The van der Waals surface area contributed by atoms with Gasteiger partial charge >= 0.3 is 0 Å². The molecule has 0 radical (unpaired) electrons. The van der Waals surface area contributed by atoms with Crippen LogP contribution in [0.15, 0.2) is 24.4 Å². The van der Waals surface area contributed by atoms with Crippen molar-refractivity contribution in [1.29, 1.82) is 0 Å². The van der Waals surface area contributed by atoms with Gasteiger partial charge in [-0.3, -0.25) is 4.79 Å². The Morgan fingerprint density at radius 2 is 1.78 bits per heavy atom. The normalized spacial score (nSPS) is 10.2. The molecule has 2 aromatic heterocycles. The third-order valence-corrected chi connectivity index (χ3v) is 2.34. The van der Waals surface area contributed by atoms with Crippen molar-refractivity contribution < 1.29 is 4.79 Å². The first-order valence-corrected chi connectivity index (χ1v) is 5.61. The van der Waals surface area contributed by atoms with Crippen LogP contribution in [-0.4, -0.2) is 20.9 Å². The number of carbonyl (C=O) groups excluding carboxylic acids is 1. The van der Waals surface area contributed by atoms with Gasteiger partial charge in [0.1, 0.15) is 5.82 Å². The van der Waals surface area contributed by atoms with E-state index in [4.69, 9.17) is 0 Å². The zero-order valence-corrected chi connectivity index (χ0v) is 10.6. The molecule has 0 aliphatic carbocycles. The Morgan fingerprint density at radius 3 is 2.39 bits per heavy atom. The zero-order chi connectivity index (χ0) is 13.1. The molecule has 18 heavy (non-hydrogen) atoms. The number of hydrogen-bond acceptors (Lipinski definition) is 4. The van der Waals surface area contributed by atoms with Crippen LogP contribution in [0.5, 0.6) is 0 Å². The van der Waals surface area contributed by atoms with E-state index in [1.165, 1.54) is 0 Å². The lowest BCUT2D eigenvalue weighted by molar-refractivity contribution is 0.101. The van der Waals surface area contributed by atoms with E-state index in [-0.39, 0.29) is 11.7 Å². The molecule has 0 spiro atoms. The number of nitrogens with zero attached hydrogens (tertiary/aromatic N) is 3. The predicted molar refractivity (Wildman–Crippen MR) is 68.4 cm³/mol. The average molecular weight is 242 g/mol. The minimum atomic E-state index is -0.347. The molecular formula is C13H14N4O. The number of carbonyl (C=O) groups is 1. The predicted octanol–water partition coefficient (Wildman–Crippen LogP) is 2.05. The van der Waals surface area contributed by atoms with Crippen LogP contribution in [-0.2, 0) is 0 Å². The molecule has 1 N–H and O–H groups in total. The van der Waals surface area contributed by atoms with Gasteiger partial charge in [0.05, 0.1) is 0 Å². The maximum Gasteiger partial charge on any atom is 0.294 e. The molecule has 0 saturated heterocycles. The second-order valence-corrected chi connectivity index (χ2v) is 4.15. The second kappa shape index (κ2) is 4.91. The Labute approximate surface area is 105 Å². The summed E-state index contributed by atoms with van der Waals surface area (Å²) in [5.41, 5.74) is 2.57. The minimum absolute atomic E-state index is 0.163. The molecular weight excluding hydrogens is 228 g/mol. The van der Waals surface area contributed by atoms with E-state index in [0.29, 0.717) is 5.82 Å². The first kappa shape index (κ1) is 12.2. The minimum Gasteiger partial charge on any atom is -0.304 e. The van der Waals surface area contributed by atoms with Crippen LogP contribution in [0.1, 0.15) is 27.6 Å². The van der Waals surface area contributed by atoms with Gasteiger partial charge in [0.2, 0.25) is 5.82 Å². The van der Waals surface area contributed by atoms with E-state index in [9.17, 15) is 4.79 Å². The highest BCUT2D eigenvalue weighted by Gasteiger charge is 2.11. The standard InChI is InChI=1S/C13H14N4O/c1-8-4-5-14-11(6-8)17-13(18)12-15-9(2)7-10(3)16-12/h4-7H,1-3H3,(H,14,17,18). The van der Waals surface area contributed by atoms with Gasteiger partial charge in [0.25, 0.3) is 5.91 Å². The van der Waals surface area contributed by atoms with Gasteiger partial charge < -0.3 is 5.32 Å². The van der Waals surface area contributed by atoms with Crippen molar-refractivity contribution in [1.82, 2.24) is 15.0 Å². The average Bonchev–Trinajstić information content (AvgIpc) is 2.27. The fraction of sp³-hybridized carbons (Fsp3) is 0.231. The van der Waals surface area contributed by atoms with Crippen molar-refractivity contribution in [3.05, 3.63) is 47.2 Å². The van der Waals surface area contributed by atoms with Crippen molar-refractivity contribution >= 4 is 11.7 Å². The number of aromatic nitrogens is 3. The Morgan fingerprint density at radius 1 is 1.11 bits per heavy atom. The van der Waals surface area contributed by atoms with Crippen molar-refractivity contribution in [2.75, 3.05) is 5.32 Å². The number of aryl methyl sites for hydroxylation is 3. The smallest absolute Gasteiger partial charge is 0.294 e. The molecule has 0 saturated carbocycles. The van der Waals surface area contributed by atoms with Crippen molar-refractivity contribution in [2.45, 2.75) is 20.8 Å². The van der Waals surface area contributed by atoms with Crippen molar-refractivity contribution in [2.24, 2.45) is 0 Å². The molecule has 2 rings (SSSR count). The summed E-state index contributed by atoms with van der Waals surface area (Å²) in [5, 5.41) is 2.68. The molecule has 2 aromatic rings. The summed E-state index contributed by atoms with van der Waals surface area (Å²) in [6.45, 7) is 5.59. The molecule has 0 bridgehead atoms. The molecule has 0 fully saturated rings. The Bertz CT molecular complexity index is 575. The van der Waals surface area contributed by atoms with Gasteiger partial charge in [-0.1, -0.05) is 0 Å². The summed E-state index contributed by atoms with van der Waals surface area (Å²) in [6.07, 6.45) is 1.65. The highest BCUT2D eigenvalue weighted by molar-refractivity contribution is 6.00. The summed E-state index contributed by atoms with van der Waals surface area (Å²) >= 11 is 0. The summed E-state index contributed by atoms with van der Waals surface area (Å²) in [5.74, 6) is 0.318. The Hall–Kier alpha value is -2.30. The summed E-state index contributed by atoms with van der Waals surface area (Å²) in [6, 6.07) is 5.48. The molecule has 5 nitrogen and oxygen atoms in total. The van der Waals surface area contributed by atoms with Gasteiger partial charge in [-0.15, -0.1) is 0 Å². The van der Waals surface area contributed by atoms with Crippen LogP contribution < -0.4 is 5.32 Å². The molecule has 0 atom stereocenters. The molecule has 5 heteroatoms. The molecule has 92 valence electrons. The number of anilines is 1. The number of hydrogen-bond donors (Lipinski definition) is 1. The van der Waals surface area contributed by atoms with Crippen LogP contribution in [0.2, 0.25) is 0 Å². The van der Waals surface area contributed by atoms with Gasteiger partial charge in [-0.05, 0) is 44.5 Å². The van der Waals surface area contributed by atoms with Gasteiger partial charge in [0.15, 0.2) is 0 Å². The van der Waals surface area contributed by atoms with E-state index < -0.39 is 0 Å². The molecule has 0 aromatic carbocycles. The fourth-order valence-electron chi connectivity index (χ4n) is 1.60. The monoisotopic (exact) mass is 242 g/mol. The molecule has 2 heterocycles. The Kier molecular flexibility index (Phi) is 3.32. The van der Waals surface area contributed by atoms with Crippen LogP contribution in [0.4, 0.5) is 5.82 Å². The lowest BCUT2D eigenvalue weighted by Gasteiger charge is -2.05. The zero-order valence-electron chi connectivity index (χ0n) is 10.6. The maximum absolute atomic E-state index is 12.0. The molecule has 0 aliphatic heterocycles. The SMILES string of the molecule is Cc1ccnc(NC(=O)c2nc(C)cc(C)n2)c1. The summed E-state index contributed by atoms with van der Waals surface area (Å²) in [7, 11) is 0. The third kappa shape index (κ3) is 2.88. The van der Waals surface area contributed by atoms with Crippen LogP contribution >= 0.6 is 0 Å². The molecule has 1 amide bonds. The number of rotatable bonds is 2. The van der Waals surface area contributed by atoms with Gasteiger partial charge in [0, 0.05) is 17.6 Å². The maximum atomic E-state index is 12.0. The van der Waals surface area contributed by atoms with Crippen molar-refractivity contribution in [3.63, 3.8) is 0 Å². The van der Waals surface area contributed by atoms with Gasteiger partial charge in [-0.25, -0.2) is 15.0 Å². The highest BCUT2D eigenvalue weighted by Crippen LogP contribution is 2.07. The van der Waals surface area contributed by atoms with E-state index in [1.807, 2.05) is 32.9 Å². The van der Waals surface area contributed by atoms with Crippen LogP contribution in [0, 0.1) is 20.8 Å². The number of amides is 1. The third-order valence-electron chi connectivity index (χ3n) is 2.34. The topological polar surface area (TPSA) is 67.8 Å². The summed E-state index contributed by atoms with van der Waals surface area (Å²) < 4.78 is 0. The molecule has 0 aliphatic rings. The second-order valence-electron chi connectivity index (χ2n) is 4.15. The number of pyridine rings is 1. The van der Waals surface area contributed by atoms with Crippen LogP contribution in [0.3, 0.4) is 0 Å². The van der Waals surface area contributed by atoms with E-state index in [1.54, 1.807) is 12.3 Å². The fourth-order valence-corrected chi connectivity index (χ4v) is 1.60. The molecule has 0 unspecified atom stereocenters. The lowest BCUT2D eigenvalue weighted by Crippen LogP contribution is -2.17. The first-order chi connectivity index (χ1) is 8.54. The van der Waals surface area contributed by atoms with E-state index in [0.717, 1.165) is 17.0 Å². The van der Waals surface area contributed by atoms with Crippen molar-refractivity contribution in [3.8, 4) is 0 Å². The largest absolute Gasteiger partial charge is 0.304 e. The highest BCUT2D eigenvalue weighted by atomic mass is 16.2. The van der Waals surface area contributed by atoms with E-state index in [2.05, 4.69) is 20.3 Å². The Balaban J connectivity index is 2.22.